The third-order valence-electron chi connectivity index (χ3n) is 2.48. The molecule has 2 rings (SSSR count). The molecule has 3 N–H and O–H groups in total. The van der Waals surface area contributed by atoms with Gasteiger partial charge in [-0.15, -0.1) is 0 Å². The first-order valence-corrected chi connectivity index (χ1v) is 5.29. The lowest BCUT2D eigenvalue weighted by Crippen LogP contribution is -2.23. The fourth-order valence-electron chi connectivity index (χ4n) is 1.56. The molecule has 0 fully saturated rings. The van der Waals surface area contributed by atoms with E-state index in [0.29, 0.717) is 5.57 Å². The van der Waals surface area contributed by atoms with Crippen molar-refractivity contribution in [3.63, 3.8) is 0 Å². The lowest BCUT2D eigenvalue weighted by atomic mass is 10.0. The van der Waals surface area contributed by atoms with Crippen molar-refractivity contribution < 1.29 is 10.2 Å². The molecule has 3 heteroatoms. The Balaban J connectivity index is 2.18. The van der Waals surface area contributed by atoms with Crippen LogP contribution >= 0.6 is 0 Å². The average molecular weight is 227 g/mol. The minimum Gasteiger partial charge on any atom is -0.509 e. The largest absolute Gasteiger partial charge is 0.509 e. The van der Waals surface area contributed by atoms with Crippen LogP contribution in [-0.2, 0) is 0 Å². The highest BCUT2D eigenvalue weighted by Crippen LogP contribution is 2.15. The predicted octanol–water partition coefficient (Wildman–Crippen LogP) is 2.46. The lowest BCUT2D eigenvalue weighted by molar-refractivity contribution is 0.207. The molecule has 86 valence electrons. The molecule has 1 atom stereocenters. The topological polar surface area (TPSA) is 64.3 Å². The third-order valence-corrected chi connectivity index (χ3v) is 2.48. The molecular weight excluding hydrogens is 214 g/mol. The first-order chi connectivity index (χ1) is 8.16. The Hall–Kier alpha value is -2.13. The van der Waals surface area contributed by atoms with Gasteiger partial charge in [-0.05, 0) is 23.3 Å². The number of aliphatic hydroxyl groups excluding tert-OH is 2. The van der Waals surface area contributed by atoms with E-state index in [9.17, 15) is 10.2 Å². The second kappa shape index (κ2) is 4.80. The molecule has 1 aliphatic rings. The molecule has 0 amide bonds. The maximum absolute atomic E-state index is 9.41. The molecule has 0 spiro atoms. The summed E-state index contributed by atoms with van der Waals surface area (Å²) in [4.78, 5) is 0. The Kier molecular flexibility index (Phi) is 3.21. The van der Waals surface area contributed by atoms with Crippen molar-refractivity contribution in [1.29, 1.82) is 5.41 Å². The Morgan fingerprint density at radius 2 is 1.76 bits per heavy atom. The molecule has 1 aliphatic carbocycles. The number of nitrogens with one attached hydrogen (secondary N) is 1. The highest BCUT2D eigenvalue weighted by atomic mass is 16.3. The van der Waals surface area contributed by atoms with E-state index in [2.05, 4.69) is 0 Å². The zero-order valence-electron chi connectivity index (χ0n) is 9.17. The summed E-state index contributed by atoms with van der Waals surface area (Å²) in [6.07, 6.45) is 5.49. The molecule has 0 bridgehead atoms. The Bertz CT molecular complexity index is 512. The molecule has 1 aromatic carbocycles. The minimum atomic E-state index is -1.19. The van der Waals surface area contributed by atoms with Crippen LogP contribution in [0.2, 0.25) is 0 Å². The first kappa shape index (κ1) is 11.4. The van der Waals surface area contributed by atoms with Crippen LogP contribution in [0, 0.1) is 5.41 Å². The molecule has 0 radical (unpaired) electrons. The minimum absolute atomic E-state index is 0.00212. The van der Waals surface area contributed by atoms with Crippen LogP contribution in [0.1, 0.15) is 5.56 Å². The van der Waals surface area contributed by atoms with E-state index in [1.807, 2.05) is 36.4 Å². The van der Waals surface area contributed by atoms with Crippen LogP contribution in [0.5, 0.6) is 0 Å². The van der Waals surface area contributed by atoms with Crippen molar-refractivity contribution in [1.82, 2.24) is 0 Å². The SMILES string of the molecule is N=C1C=C(C=Cc2ccccc2)C=C(O)C1O. The summed E-state index contributed by atoms with van der Waals surface area (Å²) in [5.74, 6) is -0.190. The van der Waals surface area contributed by atoms with E-state index < -0.39 is 6.10 Å². The van der Waals surface area contributed by atoms with Gasteiger partial charge in [0, 0.05) is 0 Å². The maximum atomic E-state index is 9.41. The fourth-order valence-corrected chi connectivity index (χ4v) is 1.56. The van der Waals surface area contributed by atoms with Gasteiger partial charge in [-0.2, -0.15) is 0 Å². The van der Waals surface area contributed by atoms with Gasteiger partial charge in [0.1, 0.15) is 5.76 Å². The molecule has 0 aliphatic heterocycles. The van der Waals surface area contributed by atoms with Crippen LogP contribution < -0.4 is 0 Å². The fraction of sp³-hybridized carbons (Fsp3) is 0.0714. The van der Waals surface area contributed by atoms with E-state index in [-0.39, 0.29) is 11.5 Å². The molecule has 0 aromatic heterocycles. The molecule has 3 nitrogen and oxygen atoms in total. The summed E-state index contributed by atoms with van der Waals surface area (Å²) in [7, 11) is 0. The first-order valence-electron chi connectivity index (χ1n) is 5.29. The number of hydrogen-bond acceptors (Lipinski definition) is 3. The second-order valence-electron chi connectivity index (χ2n) is 3.82. The lowest BCUT2D eigenvalue weighted by Gasteiger charge is -2.14. The Labute approximate surface area is 99.6 Å². The predicted molar refractivity (Wildman–Crippen MR) is 68.0 cm³/mol. The number of hydrogen-bond donors (Lipinski definition) is 3. The highest BCUT2D eigenvalue weighted by molar-refractivity contribution is 6.00. The molecule has 17 heavy (non-hydrogen) atoms. The van der Waals surface area contributed by atoms with Crippen LogP contribution in [0.4, 0.5) is 0 Å². The van der Waals surface area contributed by atoms with Gasteiger partial charge in [-0.25, -0.2) is 0 Å². The van der Waals surface area contributed by atoms with Gasteiger partial charge in [0.25, 0.3) is 0 Å². The molecule has 0 saturated heterocycles. The van der Waals surface area contributed by atoms with Gasteiger partial charge in [0.15, 0.2) is 6.10 Å². The van der Waals surface area contributed by atoms with Gasteiger partial charge in [-0.3, -0.25) is 0 Å². The molecule has 0 saturated carbocycles. The summed E-state index contributed by atoms with van der Waals surface area (Å²) in [5.41, 5.74) is 1.73. The van der Waals surface area contributed by atoms with Crippen LogP contribution in [0.25, 0.3) is 6.08 Å². The zero-order chi connectivity index (χ0) is 12.3. The van der Waals surface area contributed by atoms with Gasteiger partial charge < -0.3 is 15.6 Å². The van der Waals surface area contributed by atoms with Gasteiger partial charge >= 0.3 is 0 Å². The van der Waals surface area contributed by atoms with Gasteiger partial charge in [0.05, 0.1) is 5.71 Å². The van der Waals surface area contributed by atoms with Crippen molar-refractivity contribution in [3.05, 3.63) is 65.5 Å². The number of rotatable bonds is 2. The van der Waals surface area contributed by atoms with E-state index >= 15 is 0 Å². The second-order valence-corrected chi connectivity index (χ2v) is 3.82. The van der Waals surface area contributed by atoms with Crippen molar-refractivity contribution >= 4 is 11.8 Å². The molecule has 0 heterocycles. The van der Waals surface area contributed by atoms with Crippen LogP contribution in [0.3, 0.4) is 0 Å². The quantitative estimate of drug-likeness (QED) is 0.726. The average Bonchev–Trinajstić information content (AvgIpc) is 2.34. The normalized spacial score (nSPS) is 20.3. The third kappa shape index (κ3) is 2.71. The van der Waals surface area contributed by atoms with Crippen molar-refractivity contribution in [2.24, 2.45) is 0 Å². The summed E-state index contributed by atoms with van der Waals surface area (Å²) < 4.78 is 0. The van der Waals surface area contributed by atoms with Crippen LogP contribution in [0.15, 0.2) is 59.9 Å². The molecule has 1 aromatic rings. The zero-order valence-corrected chi connectivity index (χ0v) is 9.17. The van der Waals surface area contributed by atoms with Crippen molar-refractivity contribution in [2.45, 2.75) is 6.10 Å². The number of benzene rings is 1. The van der Waals surface area contributed by atoms with Gasteiger partial charge in [-0.1, -0.05) is 42.5 Å². The summed E-state index contributed by atoms with van der Waals surface area (Å²) in [5, 5.41) is 26.2. The van der Waals surface area contributed by atoms with E-state index in [4.69, 9.17) is 5.41 Å². The number of allylic oxidation sites excluding steroid dienone is 3. The molecule has 1 unspecified atom stereocenters. The van der Waals surface area contributed by atoms with E-state index in [1.165, 1.54) is 12.2 Å². The van der Waals surface area contributed by atoms with E-state index in [0.717, 1.165) is 5.56 Å². The van der Waals surface area contributed by atoms with E-state index in [1.54, 1.807) is 6.08 Å². The summed E-state index contributed by atoms with van der Waals surface area (Å²) >= 11 is 0. The number of aliphatic hydroxyl groups is 2. The van der Waals surface area contributed by atoms with Crippen LogP contribution in [-0.4, -0.2) is 22.0 Å². The molecular formula is C14H13NO2. The van der Waals surface area contributed by atoms with Gasteiger partial charge in [0.2, 0.25) is 0 Å². The maximum Gasteiger partial charge on any atom is 0.152 e. The van der Waals surface area contributed by atoms with Crippen molar-refractivity contribution in [3.8, 4) is 0 Å². The standard InChI is InChI=1S/C14H13NO2/c15-12-8-11(9-13(16)14(12)17)7-6-10-4-2-1-3-5-10/h1-9,14-17H. The smallest absolute Gasteiger partial charge is 0.152 e. The summed E-state index contributed by atoms with van der Waals surface area (Å²) in [6.45, 7) is 0. The highest BCUT2D eigenvalue weighted by Gasteiger charge is 2.18. The Morgan fingerprint density at radius 1 is 1.06 bits per heavy atom. The summed E-state index contributed by atoms with van der Waals surface area (Å²) in [6, 6.07) is 9.74. The Morgan fingerprint density at radius 3 is 2.41 bits per heavy atom. The van der Waals surface area contributed by atoms with Crippen molar-refractivity contribution in [2.75, 3.05) is 0 Å². The monoisotopic (exact) mass is 227 g/mol.